The van der Waals surface area contributed by atoms with E-state index in [0.29, 0.717) is 17.1 Å². The molecule has 0 aliphatic rings. The van der Waals surface area contributed by atoms with E-state index in [-0.39, 0.29) is 5.78 Å². The first-order chi connectivity index (χ1) is 8.04. The van der Waals surface area contributed by atoms with Crippen LogP contribution in [0.25, 0.3) is 0 Å². The molecule has 0 aliphatic heterocycles. The van der Waals surface area contributed by atoms with Crippen molar-refractivity contribution in [1.29, 1.82) is 0 Å². The molecule has 4 N–H and O–H groups in total. The Kier molecular flexibility index (Phi) is 4.29. The molecule has 7 nitrogen and oxygen atoms in total. The second kappa shape index (κ2) is 5.71. The summed E-state index contributed by atoms with van der Waals surface area (Å²) in [5, 5.41) is 3.77. The van der Waals surface area contributed by atoms with Crippen LogP contribution < -0.4 is 16.7 Å². The van der Waals surface area contributed by atoms with Crippen molar-refractivity contribution in [2.24, 2.45) is 10.9 Å². The lowest BCUT2D eigenvalue weighted by Gasteiger charge is -2.02. The van der Waals surface area contributed by atoms with Crippen LogP contribution in [0.5, 0.6) is 0 Å². The van der Waals surface area contributed by atoms with Gasteiger partial charge < -0.3 is 0 Å². The monoisotopic (exact) mass is 235 g/mol. The van der Waals surface area contributed by atoms with Gasteiger partial charge in [0, 0.05) is 6.92 Å². The molecule has 0 aromatic carbocycles. The van der Waals surface area contributed by atoms with Crippen molar-refractivity contribution in [3.8, 4) is 0 Å². The number of urea groups is 1. The predicted octanol–water partition coefficient (Wildman–Crippen LogP) is 0.181. The van der Waals surface area contributed by atoms with E-state index in [4.69, 9.17) is 5.84 Å². The van der Waals surface area contributed by atoms with Crippen molar-refractivity contribution in [3.05, 3.63) is 29.6 Å². The number of rotatable bonds is 3. The molecule has 0 aliphatic carbocycles. The summed E-state index contributed by atoms with van der Waals surface area (Å²) in [6.07, 6.45) is 0. The SMILES string of the molecule is CC(=O)c1cccc(C(C)=NNC(=O)NN)n1. The largest absolute Gasteiger partial charge is 0.349 e. The molecule has 0 saturated heterocycles. The number of pyridine rings is 1. The van der Waals surface area contributed by atoms with E-state index in [1.165, 1.54) is 6.92 Å². The lowest BCUT2D eigenvalue weighted by Crippen LogP contribution is -2.37. The van der Waals surface area contributed by atoms with E-state index in [1.807, 2.05) is 5.43 Å². The molecule has 0 unspecified atom stereocenters. The van der Waals surface area contributed by atoms with Gasteiger partial charge in [0.25, 0.3) is 0 Å². The van der Waals surface area contributed by atoms with Crippen molar-refractivity contribution >= 4 is 17.5 Å². The number of hydrogen-bond donors (Lipinski definition) is 3. The Morgan fingerprint density at radius 3 is 2.53 bits per heavy atom. The second-order valence-electron chi connectivity index (χ2n) is 3.25. The topological polar surface area (TPSA) is 109 Å². The van der Waals surface area contributed by atoms with Crippen molar-refractivity contribution < 1.29 is 9.59 Å². The Bertz CT molecular complexity index is 470. The Hall–Kier alpha value is -2.28. The van der Waals surface area contributed by atoms with Crippen molar-refractivity contribution in [2.45, 2.75) is 13.8 Å². The average Bonchev–Trinajstić information content (AvgIpc) is 2.35. The highest BCUT2D eigenvalue weighted by molar-refractivity contribution is 5.99. The maximum absolute atomic E-state index is 11.1. The van der Waals surface area contributed by atoms with Gasteiger partial charge in [0.15, 0.2) is 5.78 Å². The van der Waals surface area contributed by atoms with Crippen LogP contribution in [0.4, 0.5) is 4.79 Å². The highest BCUT2D eigenvalue weighted by Gasteiger charge is 2.05. The van der Waals surface area contributed by atoms with Gasteiger partial charge in [0.1, 0.15) is 5.69 Å². The minimum atomic E-state index is -0.632. The summed E-state index contributed by atoms with van der Waals surface area (Å²) < 4.78 is 0. The lowest BCUT2D eigenvalue weighted by atomic mass is 10.2. The number of nitrogens with one attached hydrogen (secondary N) is 2. The van der Waals surface area contributed by atoms with Crippen LogP contribution in [0.1, 0.15) is 30.0 Å². The molecule has 0 spiro atoms. The third-order valence-corrected chi connectivity index (χ3v) is 1.94. The summed E-state index contributed by atoms with van der Waals surface area (Å²) in [6, 6.07) is 4.36. The van der Waals surface area contributed by atoms with E-state index in [9.17, 15) is 9.59 Å². The third-order valence-electron chi connectivity index (χ3n) is 1.94. The van der Waals surface area contributed by atoms with Crippen LogP contribution in [-0.2, 0) is 0 Å². The minimum absolute atomic E-state index is 0.132. The van der Waals surface area contributed by atoms with Crippen LogP contribution in [-0.4, -0.2) is 22.5 Å². The van der Waals surface area contributed by atoms with E-state index >= 15 is 0 Å². The Morgan fingerprint density at radius 1 is 1.29 bits per heavy atom. The van der Waals surface area contributed by atoms with Gasteiger partial charge in [-0.3, -0.25) is 10.2 Å². The quantitative estimate of drug-likeness (QED) is 0.228. The van der Waals surface area contributed by atoms with Gasteiger partial charge in [0.05, 0.1) is 11.4 Å². The predicted molar refractivity (Wildman–Crippen MR) is 62.3 cm³/mol. The number of amides is 2. The van der Waals surface area contributed by atoms with Gasteiger partial charge in [-0.2, -0.15) is 5.10 Å². The highest BCUT2D eigenvalue weighted by Crippen LogP contribution is 2.01. The highest BCUT2D eigenvalue weighted by atomic mass is 16.2. The zero-order valence-corrected chi connectivity index (χ0v) is 9.52. The molecule has 1 heterocycles. The molecule has 1 rings (SSSR count). The zero-order valence-electron chi connectivity index (χ0n) is 9.52. The van der Waals surface area contributed by atoms with Crippen molar-refractivity contribution in [1.82, 2.24) is 15.8 Å². The first-order valence-corrected chi connectivity index (χ1v) is 4.84. The van der Waals surface area contributed by atoms with Gasteiger partial charge in [0.2, 0.25) is 0 Å². The molecule has 17 heavy (non-hydrogen) atoms. The summed E-state index contributed by atoms with van der Waals surface area (Å²) in [5.41, 5.74) is 5.36. The minimum Gasteiger partial charge on any atom is -0.293 e. The third kappa shape index (κ3) is 3.65. The first-order valence-electron chi connectivity index (χ1n) is 4.84. The molecule has 0 atom stereocenters. The molecule has 0 radical (unpaired) electrons. The van der Waals surface area contributed by atoms with E-state index < -0.39 is 6.03 Å². The van der Waals surface area contributed by atoms with Gasteiger partial charge in [-0.15, -0.1) is 0 Å². The number of ketones is 1. The van der Waals surface area contributed by atoms with Crippen LogP contribution in [0.2, 0.25) is 0 Å². The fourth-order valence-electron chi connectivity index (χ4n) is 1.06. The number of carbonyl (C=O) groups excluding carboxylic acids is 2. The lowest BCUT2D eigenvalue weighted by molar-refractivity contribution is 0.101. The number of hydrazine groups is 1. The van der Waals surface area contributed by atoms with Gasteiger partial charge in [-0.25, -0.2) is 21.0 Å². The van der Waals surface area contributed by atoms with Crippen LogP contribution in [0, 0.1) is 0 Å². The number of aromatic nitrogens is 1. The van der Waals surface area contributed by atoms with E-state index in [1.54, 1.807) is 25.1 Å². The molecule has 0 saturated carbocycles. The number of nitrogens with zero attached hydrogens (tertiary/aromatic N) is 2. The molecule has 0 fully saturated rings. The van der Waals surface area contributed by atoms with Crippen LogP contribution >= 0.6 is 0 Å². The summed E-state index contributed by atoms with van der Waals surface area (Å²) in [6.45, 7) is 3.09. The maximum atomic E-state index is 11.1. The second-order valence-corrected chi connectivity index (χ2v) is 3.25. The standard InChI is InChI=1S/C10H13N5O2/c1-6(14-15-10(17)13-11)8-4-3-5-9(12-8)7(2)16/h3-5H,11H2,1-2H3,(H2,13,15,17). The molecule has 0 bridgehead atoms. The number of hydrazone groups is 1. The molecule has 1 aromatic rings. The van der Waals surface area contributed by atoms with Crippen LogP contribution in [0.15, 0.2) is 23.3 Å². The average molecular weight is 235 g/mol. The summed E-state index contributed by atoms with van der Waals surface area (Å²) in [5.74, 6) is 4.74. The normalized spacial score (nSPS) is 10.9. The molecule has 2 amide bonds. The zero-order chi connectivity index (χ0) is 12.8. The number of Topliss-reactive ketones (excluding diaryl/α,β-unsaturated/α-hetero) is 1. The van der Waals surface area contributed by atoms with Gasteiger partial charge >= 0.3 is 6.03 Å². The van der Waals surface area contributed by atoms with Gasteiger partial charge in [-0.05, 0) is 19.1 Å². The fraction of sp³-hybridized carbons (Fsp3) is 0.200. The first kappa shape index (κ1) is 12.8. The summed E-state index contributed by atoms with van der Waals surface area (Å²) in [7, 11) is 0. The number of hydrogen-bond acceptors (Lipinski definition) is 5. The van der Waals surface area contributed by atoms with E-state index in [2.05, 4.69) is 15.5 Å². The molecular formula is C10H13N5O2. The maximum Gasteiger partial charge on any atom is 0.349 e. The Labute approximate surface area is 98.1 Å². The molecule has 90 valence electrons. The summed E-state index contributed by atoms with van der Waals surface area (Å²) in [4.78, 5) is 26.0. The number of nitrogens with two attached hydrogens (primary N) is 1. The Balaban J connectivity index is 2.88. The molecule has 1 aromatic heterocycles. The van der Waals surface area contributed by atoms with Crippen LogP contribution in [0.3, 0.4) is 0 Å². The molecular weight excluding hydrogens is 222 g/mol. The summed E-state index contributed by atoms with van der Waals surface area (Å²) >= 11 is 0. The van der Waals surface area contributed by atoms with Gasteiger partial charge in [-0.1, -0.05) is 6.07 Å². The number of carbonyl (C=O) groups is 2. The molecule has 7 heteroatoms. The van der Waals surface area contributed by atoms with Crippen molar-refractivity contribution in [3.63, 3.8) is 0 Å². The van der Waals surface area contributed by atoms with Crippen molar-refractivity contribution in [2.75, 3.05) is 0 Å². The fourth-order valence-corrected chi connectivity index (χ4v) is 1.06. The Morgan fingerprint density at radius 2 is 1.94 bits per heavy atom. The smallest absolute Gasteiger partial charge is 0.293 e. The van der Waals surface area contributed by atoms with E-state index in [0.717, 1.165) is 0 Å².